The molecule has 0 atom stereocenters. The van der Waals surface area contributed by atoms with Gasteiger partial charge >= 0.3 is 0 Å². The first kappa shape index (κ1) is 19.5. The molecule has 2 aromatic carbocycles. The minimum atomic E-state index is -3.62. The van der Waals surface area contributed by atoms with Crippen LogP contribution < -0.4 is 5.43 Å². The third-order valence-corrected chi connectivity index (χ3v) is 5.69. The Morgan fingerprint density at radius 3 is 2.61 bits per heavy atom. The van der Waals surface area contributed by atoms with E-state index in [-0.39, 0.29) is 10.5 Å². The molecule has 0 aliphatic heterocycles. The first-order chi connectivity index (χ1) is 13.4. The van der Waals surface area contributed by atoms with Crippen LogP contribution in [0.5, 0.6) is 0 Å². The summed E-state index contributed by atoms with van der Waals surface area (Å²) in [5.74, 6) is -0.512. The number of carbonyl (C=O) groups excluding carboxylic acids is 1. The summed E-state index contributed by atoms with van der Waals surface area (Å²) in [6.45, 7) is 0. The lowest BCUT2D eigenvalue weighted by molar-refractivity contribution is 0.0955. The maximum absolute atomic E-state index is 12.3. The topological polar surface area (TPSA) is 96.7 Å². The molecule has 9 heteroatoms. The van der Waals surface area contributed by atoms with Crippen molar-refractivity contribution in [2.75, 3.05) is 14.1 Å². The lowest BCUT2D eigenvalue weighted by Gasteiger charge is -2.11. The molecule has 0 fully saturated rings. The van der Waals surface area contributed by atoms with E-state index in [0.29, 0.717) is 5.56 Å². The smallest absolute Gasteiger partial charge is 0.267 e. The van der Waals surface area contributed by atoms with Crippen molar-refractivity contribution in [2.45, 2.75) is 4.90 Å². The molecule has 1 aromatic heterocycles. The highest BCUT2D eigenvalue weighted by molar-refractivity contribution is 7.89. The predicted octanol–water partition coefficient (Wildman–Crippen LogP) is 1.89. The number of hydrazone groups is 1. The second-order valence-electron chi connectivity index (χ2n) is 6.07. The molecular weight excluding hydrogens is 378 g/mol. The molecule has 0 saturated heterocycles. The van der Waals surface area contributed by atoms with Crippen molar-refractivity contribution in [3.63, 3.8) is 0 Å². The fraction of sp³-hybridized carbons (Fsp3) is 0.105. The lowest BCUT2D eigenvalue weighted by Crippen LogP contribution is -2.23. The Morgan fingerprint density at radius 1 is 1.14 bits per heavy atom. The van der Waals surface area contributed by atoms with Crippen LogP contribution >= 0.6 is 0 Å². The van der Waals surface area contributed by atoms with Gasteiger partial charge in [-0.05, 0) is 30.3 Å². The van der Waals surface area contributed by atoms with Gasteiger partial charge in [0.25, 0.3) is 5.91 Å². The molecule has 144 valence electrons. The van der Waals surface area contributed by atoms with Gasteiger partial charge in [-0.1, -0.05) is 24.3 Å². The number of hydrogen-bond donors (Lipinski definition) is 1. The van der Waals surface area contributed by atoms with E-state index in [1.165, 1.54) is 44.6 Å². The first-order valence-electron chi connectivity index (χ1n) is 8.34. The number of rotatable bonds is 6. The van der Waals surface area contributed by atoms with E-state index in [9.17, 15) is 13.2 Å². The van der Waals surface area contributed by atoms with Gasteiger partial charge in [0.1, 0.15) is 0 Å². The zero-order chi connectivity index (χ0) is 20.1. The Hall–Kier alpha value is -3.30. The highest BCUT2D eigenvalue weighted by Crippen LogP contribution is 2.15. The SMILES string of the molecule is CN(C)S(=O)(=O)c1cccc(C(=O)N/N=C\c2cnn(-c3ccccc3)c2)c1. The minimum absolute atomic E-state index is 0.0401. The summed E-state index contributed by atoms with van der Waals surface area (Å²) in [6, 6.07) is 15.4. The molecule has 1 heterocycles. The van der Waals surface area contributed by atoms with Crippen LogP contribution in [0.1, 0.15) is 15.9 Å². The van der Waals surface area contributed by atoms with Gasteiger partial charge in [-0.2, -0.15) is 10.2 Å². The molecule has 0 bridgehead atoms. The molecule has 0 unspecified atom stereocenters. The van der Waals surface area contributed by atoms with Gasteiger partial charge in [0.2, 0.25) is 10.0 Å². The van der Waals surface area contributed by atoms with Gasteiger partial charge in [0, 0.05) is 31.4 Å². The van der Waals surface area contributed by atoms with Crippen molar-refractivity contribution in [3.8, 4) is 5.69 Å². The molecule has 8 nitrogen and oxygen atoms in total. The molecule has 1 amide bonds. The van der Waals surface area contributed by atoms with Crippen LogP contribution in [0.15, 0.2) is 77.0 Å². The highest BCUT2D eigenvalue weighted by Gasteiger charge is 2.18. The number of aromatic nitrogens is 2. The van der Waals surface area contributed by atoms with E-state index >= 15 is 0 Å². The minimum Gasteiger partial charge on any atom is -0.267 e. The van der Waals surface area contributed by atoms with Gasteiger partial charge < -0.3 is 0 Å². The van der Waals surface area contributed by atoms with Crippen LogP contribution in [0.3, 0.4) is 0 Å². The normalized spacial score (nSPS) is 11.8. The molecule has 0 spiro atoms. The second kappa shape index (κ2) is 8.15. The maximum Gasteiger partial charge on any atom is 0.271 e. The van der Waals surface area contributed by atoms with Crippen molar-refractivity contribution in [1.82, 2.24) is 19.5 Å². The Bertz CT molecular complexity index is 1110. The lowest BCUT2D eigenvalue weighted by atomic mass is 10.2. The van der Waals surface area contributed by atoms with Gasteiger partial charge in [-0.3, -0.25) is 4.79 Å². The van der Waals surface area contributed by atoms with Crippen molar-refractivity contribution >= 4 is 22.1 Å². The molecule has 0 aliphatic carbocycles. The van der Waals surface area contributed by atoms with E-state index in [0.717, 1.165) is 9.99 Å². The standard InChI is InChI=1S/C19H19N5O3S/c1-23(2)28(26,27)18-10-6-7-16(11-18)19(25)22-20-12-15-13-21-24(14-15)17-8-4-3-5-9-17/h3-14H,1-2H3,(H,22,25)/b20-12-. The molecule has 0 aliphatic rings. The average molecular weight is 397 g/mol. The van der Waals surface area contributed by atoms with Crippen LogP contribution in [0.2, 0.25) is 0 Å². The van der Waals surface area contributed by atoms with Crippen LogP contribution in [0.25, 0.3) is 5.69 Å². The van der Waals surface area contributed by atoms with Gasteiger partial charge in [-0.15, -0.1) is 0 Å². The fourth-order valence-electron chi connectivity index (χ4n) is 2.36. The summed E-state index contributed by atoms with van der Waals surface area (Å²) >= 11 is 0. The summed E-state index contributed by atoms with van der Waals surface area (Å²) in [7, 11) is -0.751. The Kier molecular flexibility index (Phi) is 5.67. The van der Waals surface area contributed by atoms with Crippen molar-refractivity contribution < 1.29 is 13.2 Å². The number of nitrogens with one attached hydrogen (secondary N) is 1. The molecule has 0 saturated carbocycles. The van der Waals surface area contributed by atoms with Crippen molar-refractivity contribution in [3.05, 3.63) is 78.1 Å². The summed E-state index contributed by atoms with van der Waals surface area (Å²) in [5, 5.41) is 8.15. The first-order valence-corrected chi connectivity index (χ1v) is 9.78. The summed E-state index contributed by atoms with van der Waals surface area (Å²) < 4.78 is 27.1. The molecule has 3 rings (SSSR count). The average Bonchev–Trinajstić information content (AvgIpc) is 3.17. The highest BCUT2D eigenvalue weighted by atomic mass is 32.2. The number of sulfonamides is 1. The number of nitrogens with zero attached hydrogens (tertiary/aromatic N) is 4. The molecular formula is C19H19N5O3S. The number of para-hydroxylation sites is 1. The van der Waals surface area contributed by atoms with E-state index in [1.807, 2.05) is 30.3 Å². The largest absolute Gasteiger partial charge is 0.271 e. The van der Waals surface area contributed by atoms with E-state index in [2.05, 4.69) is 15.6 Å². The quantitative estimate of drug-likeness (QED) is 0.507. The van der Waals surface area contributed by atoms with Crippen LogP contribution in [0.4, 0.5) is 0 Å². The molecule has 3 aromatic rings. The number of carbonyl (C=O) groups is 1. The number of amides is 1. The van der Waals surface area contributed by atoms with Gasteiger partial charge in [-0.25, -0.2) is 22.8 Å². The summed E-state index contributed by atoms with van der Waals surface area (Å²) in [6.07, 6.45) is 4.85. The van der Waals surface area contributed by atoms with Crippen molar-refractivity contribution in [2.24, 2.45) is 5.10 Å². The molecule has 28 heavy (non-hydrogen) atoms. The van der Waals surface area contributed by atoms with E-state index in [1.54, 1.807) is 17.1 Å². The third-order valence-electron chi connectivity index (χ3n) is 3.88. The summed E-state index contributed by atoms with van der Waals surface area (Å²) in [5.41, 5.74) is 4.19. The van der Waals surface area contributed by atoms with E-state index < -0.39 is 15.9 Å². The Balaban J connectivity index is 1.69. The van der Waals surface area contributed by atoms with Crippen LogP contribution in [-0.4, -0.2) is 48.7 Å². The van der Waals surface area contributed by atoms with Crippen LogP contribution in [-0.2, 0) is 10.0 Å². The predicted molar refractivity (Wildman–Crippen MR) is 106 cm³/mol. The number of hydrogen-bond acceptors (Lipinski definition) is 5. The maximum atomic E-state index is 12.3. The summed E-state index contributed by atoms with van der Waals surface area (Å²) in [4.78, 5) is 12.3. The van der Waals surface area contributed by atoms with Crippen molar-refractivity contribution in [1.29, 1.82) is 0 Å². The fourth-order valence-corrected chi connectivity index (χ4v) is 3.31. The van der Waals surface area contributed by atoms with E-state index in [4.69, 9.17) is 0 Å². The molecule has 1 N–H and O–H groups in total. The second-order valence-corrected chi connectivity index (χ2v) is 8.22. The Morgan fingerprint density at radius 2 is 1.89 bits per heavy atom. The monoisotopic (exact) mass is 397 g/mol. The zero-order valence-electron chi connectivity index (χ0n) is 15.4. The Labute approximate surface area is 163 Å². The van der Waals surface area contributed by atoms with Crippen LogP contribution in [0, 0.1) is 0 Å². The van der Waals surface area contributed by atoms with Gasteiger partial charge in [0.05, 0.1) is 23.0 Å². The van der Waals surface area contributed by atoms with Gasteiger partial charge in [0.15, 0.2) is 0 Å². The zero-order valence-corrected chi connectivity index (χ0v) is 16.2. The molecule has 0 radical (unpaired) electrons. The third kappa shape index (κ3) is 4.33. The number of benzene rings is 2.